The zero-order chi connectivity index (χ0) is 15.2. The zero-order valence-electron chi connectivity index (χ0n) is 12.3. The van der Waals surface area contributed by atoms with Crippen molar-refractivity contribution < 1.29 is 14.8 Å². The van der Waals surface area contributed by atoms with Crippen LogP contribution in [0.1, 0.15) is 26.2 Å². The lowest BCUT2D eigenvalue weighted by Gasteiger charge is -2.19. The number of hydrogen-bond donors (Lipinski definition) is 1. The Morgan fingerprint density at radius 1 is 1.52 bits per heavy atom. The van der Waals surface area contributed by atoms with Crippen LogP contribution in [0.25, 0.3) is 0 Å². The highest BCUT2D eigenvalue weighted by Crippen LogP contribution is 2.39. The van der Waals surface area contributed by atoms with Gasteiger partial charge in [0.25, 0.3) is 0 Å². The summed E-state index contributed by atoms with van der Waals surface area (Å²) in [6.07, 6.45) is 2.51. The van der Waals surface area contributed by atoms with Gasteiger partial charge in [-0.05, 0) is 37.3 Å². The Kier molecular flexibility index (Phi) is 5.38. The number of benzene rings is 1. The second-order valence-corrected chi connectivity index (χ2v) is 5.34. The second-order valence-electron chi connectivity index (χ2n) is 5.34. The number of hydrogen-bond acceptors (Lipinski definition) is 5. The number of anilines is 1. The first-order chi connectivity index (χ1) is 10.2. The van der Waals surface area contributed by atoms with Crippen molar-refractivity contribution >= 4 is 11.4 Å². The molecule has 1 saturated heterocycles. The third kappa shape index (κ3) is 3.64. The van der Waals surface area contributed by atoms with Crippen LogP contribution in [-0.2, 0) is 0 Å². The monoisotopic (exact) mass is 294 g/mol. The molecule has 0 aliphatic carbocycles. The summed E-state index contributed by atoms with van der Waals surface area (Å²) in [5.74, 6) is 0.736. The Balaban J connectivity index is 2.24. The van der Waals surface area contributed by atoms with Gasteiger partial charge in [0.15, 0.2) is 5.75 Å². The minimum atomic E-state index is -0.361. The number of nitro benzene ring substituents is 1. The first-order valence-corrected chi connectivity index (χ1v) is 7.43. The largest absolute Gasteiger partial charge is 0.487 e. The first-order valence-electron chi connectivity index (χ1n) is 7.43. The molecule has 116 valence electrons. The summed E-state index contributed by atoms with van der Waals surface area (Å²) in [6.45, 7) is 4.13. The van der Waals surface area contributed by atoms with E-state index in [1.807, 2.05) is 11.8 Å². The summed E-state index contributed by atoms with van der Waals surface area (Å²) in [7, 11) is 0. The maximum absolute atomic E-state index is 11.4. The minimum Gasteiger partial charge on any atom is -0.487 e. The number of nitro groups is 1. The first kappa shape index (κ1) is 15.6. The van der Waals surface area contributed by atoms with Gasteiger partial charge in [-0.25, -0.2) is 0 Å². The molecule has 0 aromatic heterocycles. The van der Waals surface area contributed by atoms with Gasteiger partial charge in [-0.3, -0.25) is 10.1 Å². The molecule has 2 rings (SSSR count). The molecule has 1 N–H and O–H groups in total. The van der Waals surface area contributed by atoms with Crippen LogP contribution in [0, 0.1) is 16.0 Å². The smallest absolute Gasteiger partial charge is 0.333 e. The molecule has 0 saturated carbocycles. The van der Waals surface area contributed by atoms with E-state index in [2.05, 4.69) is 0 Å². The van der Waals surface area contributed by atoms with Crippen molar-refractivity contribution in [2.75, 3.05) is 31.2 Å². The van der Waals surface area contributed by atoms with E-state index in [-0.39, 0.29) is 17.2 Å². The van der Waals surface area contributed by atoms with E-state index in [0.717, 1.165) is 32.4 Å². The van der Waals surface area contributed by atoms with Gasteiger partial charge in [-0.1, -0.05) is 13.0 Å². The highest BCUT2D eigenvalue weighted by atomic mass is 16.6. The van der Waals surface area contributed by atoms with Crippen LogP contribution >= 0.6 is 0 Å². The lowest BCUT2D eigenvalue weighted by molar-refractivity contribution is -0.385. The molecule has 1 unspecified atom stereocenters. The van der Waals surface area contributed by atoms with Crippen LogP contribution in [-0.4, -0.2) is 36.3 Å². The molecular weight excluding hydrogens is 272 g/mol. The molecule has 0 bridgehead atoms. The van der Waals surface area contributed by atoms with Crippen molar-refractivity contribution in [1.29, 1.82) is 0 Å². The van der Waals surface area contributed by atoms with Crippen LogP contribution < -0.4 is 9.64 Å². The highest BCUT2D eigenvalue weighted by molar-refractivity contribution is 5.70. The Morgan fingerprint density at radius 3 is 3.00 bits per heavy atom. The van der Waals surface area contributed by atoms with E-state index in [0.29, 0.717) is 24.0 Å². The normalized spacial score (nSPS) is 18.0. The topological polar surface area (TPSA) is 75.8 Å². The predicted octanol–water partition coefficient (Wildman–Crippen LogP) is 2.59. The fraction of sp³-hybridized carbons (Fsp3) is 0.600. The van der Waals surface area contributed by atoms with Gasteiger partial charge in [0.2, 0.25) is 0 Å². The van der Waals surface area contributed by atoms with Crippen LogP contribution in [0.2, 0.25) is 0 Å². The summed E-state index contributed by atoms with van der Waals surface area (Å²) in [5, 5.41) is 20.4. The third-order valence-electron chi connectivity index (χ3n) is 3.79. The van der Waals surface area contributed by atoms with Gasteiger partial charge in [-0.15, -0.1) is 0 Å². The van der Waals surface area contributed by atoms with Crippen molar-refractivity contribution in [3.63, 3.8) is 0 Å². The van der Waals surface area contributed by atoms with Crippen LogP contribution in [0.15, 0.2) is 18.2 Å². The van der Waals surface area contributed by atoms with Crippen molar-refractivity contribution in [2.24, 2.45) is 5.92 Å². The molecule has 1 aliphatic heterocycles. The second kappa shape index (κ2) is 7.26. The van der Waals surface area contributed by atoms with Crippen LogP contribution in [0.3, 0.4) is 0 Å². The van der Waals surface area contributed by atoms with E-state index in [4.69, 9.17) is 9.84 Å². The quantitative estimate of drug-likeness (QED) is 0.618. The van der Waals surface area contributed by atoms with E-state index in [9.17, 15) is 10.1 Å². The van der Waals surface area contributed by atoms with Gasteiger partial charge in [0.05, 0.1) is 11.5 Å². The van der Waals surface area contributed by atoms with E-state index in [1.54, 1.807) is 18.2 Å². The lowest BCUT2D eigenvalue weighted by atomic mass is 10.1. The molecule has 6 heteroatoms. The van der Waals surface area contributed by atoms with Crippen molar-refractivity contribution in [3.8, 4) is 5.75 Å². The lowest BCUT2D eigenvalue weighted by Crippen LogP contribution is -2.21. The fourth-order valence-corrected chi connectivity index (χ4v) is 2.75. The minimum absolute atomic E-state index is 0.0515. The number of rotatable bonds is 7. The Hall–Kier alpha value is -1.82. The molecule has 0 amide bonds. The summed E-state index contributed by atoms with van der Waals surface area (Å²) < 4.78 is 5.51. The van der Waals surface area contributed by atoms with E-state index in [1.165, 1.54) is 0 Å². The molecule has 1 atom stereocenters. The van der Waals surface area contributed by atoms with Crippen molar-refractivity contribution in [3.05, 3.63) is 28.3 Å². The molecule has 1 aromatic carbocycles. The SMILES string of the molecule is CCCOc1cccc(N2CCC(CCO)C2)c1[N+](=O)[O-]. The Labute approximate surface area is 124 Å². The maximum Gasteiger partial charge on any atom is 0.333 e. The summed E-state index contributed by atoms with van der Waals surface area (Å²) in [4.78, 5) is 13.1. The molecule has 6 nitrogen and oxygen atoms in total. The number of aliphatic hydroxyl groups is 1. The zero-order valence-corrected chi connectivity index (χ0v) is 12.3. The molecular formula is C15H22N2O4. The molecule has 0 radical (unpaired) electrons. The number of nitrogens with zero attached hydrogens (tertiary/aromatic N) is 2. The Morgan fingerprint density at radius 2 is 2.33 bits per heavy atom. The van der Waals surface area contributed by atoms with Gasteiger partial charge < -0.3 is 14.7 Å². The number of aliphatic hydroxyl groups excluding tert-OH is 1. The third-order valence-corrected chi connectivity index (χ3v) is 3.79. The summed E-state index contributed by atoms with van der Waals surface area (Å²) in [5.41, 5.74) is 0.671. The highest BCUT2D eigenvalue weighted by Gasteiger charge is 2.29. The fourth-order valence-electron chi connectivity index (χ4n) is 2.75. The van der Waals surface area contributed by atoms with Gasteiger partial charge >= 0.3 is 5.69 Å². The maximum atomic E-state index is 11.4. The average molecular weight is 294 g/mol. The summed E-state index contributed by atoms with van der Waals surface area (Å²) in [6, 6.07) is 5.23. The van der Waals surface area contributed by atoms with Gasteiger partial charge in [0, 0.05) is 19.7 Å². The molecule has 1 fully saturated rings. The van der Waals surface area contributed by atoms with Gasteiger partial charge in [-0.2, -0.15) is 0 Å². The number of para-hydroxylation sites is 1. The van der Waals surface area contributed by atoms with Crippen LogP contribution in [0.4, 0.5) is 11.4 Å². The summed E-state index contributed by atoms with van der Waals surface area (Å²) >= 11 is 0. The van der Waals surface area contributed by atoms with Crippen molar-refractivity contribution in [1.82, 2.24) is 0 Å². The Bertz CT molecular complexity index is 493. The van der Waals surface area contributed by atoms with E-state index >= 15 is 0 Å². The predicted molar refractivity (Wildman–Crippen MR) is 80.9 cm³/mol. The van der Waals surface area contributed by atoms with Gasteiger partial charge in [0.1, 0.15) is 5.69 Å². The molecule has 1 aliphatic rings. The molecule has 1 heterocycles. The number of ether oxygens (including phenoxy) is 1. The average Bonchev–Trinajstić information content (AvgIpc) is 2.93. The molecule has 21 heavy (non-hydrogen) atoms. The van der Waals surface area contributed by atoms with E-state index < -0.39 is 0 Å². The molecule has 0 spiro atoms. The van der Waals surface area contributed by atoms with Crippen LogP contribution in [0.5, 0.6) is 5.75 Å². The molecule has 1 aromatic rings. The van der Waals surface area contributed by atoms with Crippen molar-refractivity contribution in [2.45, 2.75) is 26.2 Å². The standard InChI is InChI=1S/C15H22N2O4/c1-2-10-21-14-5-3-4-13(15(14)17(19)20)16-8-6-12(11-16)7-9-18/h3-5,12,18H,2,6-11H2,1H3.